The molecular formula is C24H26N3O3-. The molecule has 0 radical (unpaired) electrons. The molecule has 0 unspecified atom stereocenters. The molecule has 0 aliphatic heterocycles. The summed E-state index contributed by atoms with van der Waals surface area (Å²) in [6.07, 6.45) is 3.95. The van der Waals surface area contributed by atoms with Crippen molar-refractivity contribution in [3.63, 3.8) is 0 Å². The molecule has 0 aliphatic carbocycles. The summed E-state index contributed by atoms with van der Waals surface area (Å²) in [5.74, 6) is -1.29. The fourth-order valence-electron chi connectivity index (χ4n) is 3.46. The highest BCUT2D eigenvalue weighted by molar-refractivity contribution is 5.86. The summed E-state index contributed by atoms with van der Waals surface area (Å²) < 4.78 is 1.29. The van der Waals surface area contributed by atoms with E-state index in [1.807, 2.05) is 12.1 Å². The van der Waals surface area contributed by atoms with Crippen LogP contribution in [0.2, 0.25) is 0 Å². The van der Waals surface area contributed by atoms with E-state index >= 15 is 0 Å². The van der Waals surface area contributed by atoms with E-state index in [9.17, 15) is 14.7 Å². The maximum atomic E-state index is 12.9. The van der Waals surface area contributed by atoms with Gasteiger partial charge in [0.2, 0.25) is 0 Å². The minimum absolute atomic E-state index is 0.00411. The molecule has 0 fully saturated rings. The van der Waals surface area contributed by atoms with Gasteiger partial charge >= 0.3 is 0 Å². The zero-order chi connectivity index (χ0) is 21.7. The van der Waals surface area contributed by atoms with Crippen molar-refractivity contribution in [2.75, 3.05) is 18.0 Å². The van der Waals surface area contributed by atoms with Gasteiger partial charge in [0.1, 0.15) is 0 Å². The predicted molar refractivity (Wildman–Crippen MR) is 118 cm³/mol. The van der Waals surface area contributed by atoms with Gasteiger partial charge < -0.3 is 14.8 Å². The molecule has 0 aliphatic rings. The average Bonchev–Trinajstić information content (AvgIpc) is 3.02. The number of anilines is 1. The number of aromatic amines is 1. The number of carbonyl (C=O) groups excluding carboxylic acids is 1. The first-order chi connectivity index (χ1) is 14.4. The van der Waals surface area contributed by atoms with Gasteiger partial charge in [-0.2, -0.15) is 0 Å². The minimum atomic E-state index is -1.29. The molecule has 6 nitrogen and oxygen atoms in total. The summed E-state index contributed by atoms with van der Waals surface area (Å²) in [5.41, 5.74) is 2.18. The van der Waals surface area contributed by atoms with E-state index in [1.165, 1.54) is 16.8 Å². The van der Waals surface area contributed by atoms with Crippen LogP contribution in [-0.2, 0) is 0 Å². The van der Waals surface area contributed by atoms with E-state index in [4.69, 9.17) is 0 Å². The van der Waals surface area contributed by atoms with E-state index in [2.05, 4.69) is 42.6 Å². The Morgan fingerprint density at radius 3 is 2.40 bits per heavy atom. The van der Waals surface area contributed by atoms with Crippen LogP contribution < -0.4 is 26.1 Å². The van der Waals surface area contributed by atoms with Crippen LogP contribution in [0, 0.1) is 0 Å². The third-order valence-corrected chi connectivity index (χ3v) is 4.90. The van der Waals surface area contributed by atoms with Crippen LogP contribution in [0.1, 0.15) is 42.6 Å². The fraction of sp³-hybridized carbons (Fsp3) is 0.250. The van der Waals surface area contributed by atoms with Crippen LogP contribution in [0.4, 0.5) is 5.69 Å². The first kappa shape index (κ1) is 21.2. The van der Waals surface area contributed by atoms with Crippen molar-refractivity contribution in [3.8, 4) is 5.69 Å². The Kier molecular flexibility index (Phi) is 6.57. The number of benzene rings is 2. The highest BCUT2D eigenvalue weighted by Crippen LogP contribution is 2.16. The number of carbonyl (C=O) groups is 1. The normalized spacial score (nSPS) is 11.6. The van der Waals surface area contributed by atoms with Crippen molar-refractivity contribution in [2.24, 2.45) is 0 Å². The summed E-state index contributed by atoms with van der Waals surface area (Å²) in [6, 6.07) is 14.1. The van der Waals surface area contributed by atoms with Crippen LogP contribution >= 0.6 is 0 Å². The summed E-state index contributed by atoms with van der Waals surface area (Å²) in [5, 5.41) is 14.9. The molecule has 1 N–H and O–H groups in total. The molecule has 0 amide bonds. The third-order valence-electron chi connectivity index (χ3n) is 4.90. The number of nitrogens with one attached hydrogen (secondary N) is 1. The third kappa shape index (κ3) is 4.54. The van der Waals surface area contributed by atoms with Gasteiger partial charge in [-0.25, -0.2) is 4.68 Å². The second kappa shape index (κ2) is 9.31. The van der Waals surface area contributed by atoms with Gasteiger partial charge in [-0.05, 0) is 54.3 Å². The van der Waals surface area contributed by atoms with Gasteiger partial charge in [0, 0.05) is 18.8 Å². The molecule has 1 heterocycles. The van der Waals surface area contributed by atoms with Crippen molar-refractivity contribution in [3.05, 3.63) is 80.6 Å². The Morgan fingerprint density at radius 1 is 1.13 bits per heavy atom. The van der Waals surface area contributed by atoms with Crippen molar-refractivity contribution in [1.82, 2.24) is 9.78 Å². The first-order valence-electron chi connectivity index (χ1n) is 10.1. The van der Waals surface area contributed by atoms with Gasteiger partial charge in [-0.1, -0.05) is 44.7 Å². The molecule has 3 rings (SSSR count). The highest BCUT2D eigenvalue weighted by Gasteiger charge is 2.07. The van der Waals surface area contributed by atoms with E-state index in [0.717, 1.165) is 37.2 Å². The average molecular weight is 404 g/mol. The molecule has 0 spiro atoms. The Morgan fingerprint density at radius 2 is 1.80 bits per heavy atom. The first-order valence-corrected chi connectivity index (χ1v) is 10.1. The molecule has 0 saturated carbocycles. The molecule has 0 bridgehead atoms. The Balaban J connectivity index is 1.97. The van der Waals surface area contributed by atoms with Crippen molar-refractivity contribution >= 4 is 24.3 Å². The van der Waals surface area contributed by atoms with Crippen LogP contribution in [-0.4, -0.2) is 28.8 Å². The van der Waals surface area contributed by atoms with Crippen molar-refractivity contribution < 1.29 is 9.90 Å². The number of carboxylic acids is 1. The van der Waals surface area contributed by atoms with Gasteiger partial charge in [0.25, 0.3) is 5.56 Å². The minimum Gasteiger partial charge on any atom is -0.545 e. The lowest BCUT2D eigenvalue weighted by Crippen LogP contribution is -2.34. The Bertz CT molecular complexity index is 1180. The van der Waals surface area contributed by atoms with E-state index < -0.39 is 5.97 Å². The van der Waals surface area contributed by atoms with Crippen molar-refractivity contribution in [1.29, 1.82) is 0 Å². The zero-order valence-corrected chi connectivity index (χ0v) is 17.4. The van der Waals surface area contributed by atoms with Gasteiger partial charge in [0.05, 0.1) is 22.2 Å². The zero-order valence-electron chi connectivity index (χ0n) is 17.4. The standard InChI is InChI=1S/C24H27N3O3/c1-4-13-26(14-5-2)20-11-9-18(10-12-20)15-22-17(3)25-27(23(22)28)21-8-6-7-19(16-21)24(29)30/h6-12,15-16,25H,3-5,13-14H2,1-2H3,(H,29,30)/p-1/b22-15+. The van der Waals surface area contributed by atoms with Gasteiger partial charge in [-0.3, -0.25) is 9.89 Å². The fourth-order valence-corrected chi connectivity index (χ4v) is 3.46. The number of aromatic nitrogens is 2. The maximum Gasteiger partial charge on any atom is 0.279 e. The molecule has 2 aromatic carbocycles. The van der Waals surface area contributed by atoms with Crippen LogP contribution in [0.3, 0.4) is 0 Å². The molecule has 6 heteroatoms. The molecule has 1 aromatic heterocycles. The second-order valence-corrected chi connectivity index (χ2v) is 7.21. The number of nitrogens with zero attached hydrogens (tertiary/aromatic N) is 2. The molecule has 3 aromatic rings. The lowest BCUT2D eigenvalue weighted by molar-refractivity contribution is -0.255. The number of rotatable bonds is 8. The Labute approximate surface area is 175 Å². The molecule has 156 valence electrons. The second-order valence-electron chi connectivity index (χ2n) is 7.21. The Hall–Kier alpha value is -3.54. The molecule has 30 heavy (non-hydrogen) atoms. The van der Waals surface area contributed by atoms with E-state index in [0.29, 0.717) is 16.3 Å². The van der Waals surface area contributed by atoms with Crippen LogP contribution in [0.5, 0.6) is 0 Å². The van der Waals surface area contributed by atoms with Crippen molar-refractivity contribution in [2.45, 2.75) is 26.7 Å². The highest BCUT2D eigenvalue weighted by atomic mass is 16.4. The number of H-pyrrole nitrogens is 1. The van der Waals surface area contributed by atoms with Crippen LogP contribution in [0.15, 0.2) is 53.3 Å². The number of hydrogen-bond acceptors (Lipinski definition) is 4. The summed E-state index contributed by atoms with van der Waals surface area (Å²) in [7, 11) is 0. The monoisotopic (exact) mass is 404 g/mol. The van der Waals surface area contributed by atoms with E-state index in [1.54, 1.807) is 18.2 Å². The predicted octanol–water partition coefficient (Wildman–Crippen LogP) is 1.39. The number of carboxylic acid groups (broad SMARTS) is 1. The maximum absolute atomic E-state index is 12.9. The summed E-state index contributed by atoms with van der Waals surface area (Å²) in [6.45, 7) is 10.3. The van der Waals surface area contributed by atoms with Gasteiger partial charge in [0.15, 0.2) is 0 Å². The molecular weight excluding hydrogens is 378 g/mol. The smallest absolute Gasteiger partial charge is 0.279 e. The SMILES string of the molecule is C=c1[nH]n(-c2cccc(C(=O)[O-])c2)c(=O)/c1=C/c1ccc(N(CCC)CCC)cc1. The van der Waals surface area contributed by atoms with Gasteiger partial charge in [-0.15, -0.1) is 0 Å². The summed E-state index contributed by atoms with van der Waals surface area (Å²) in [4.78, 5) is 26.4. The topological polar surface area (TPSA) is 81.2 Å². The molecule has 0 atom stereocenters. The quantitative estimate of drug-likeness (QED) is 0.615. The lowest BCUT2D eigenvalue weighted by Gasteiger charge is -2.23. The largest absolute Gasteiger partial charge is 0.545 e. The summed E-state index contributed by atoms with van der Waals surface area (Å²) >= 11 is 0. The molecule has 0 saturated heterocycles. The lowest BCUT2D eigenvalue weighted by atomic mass is 10.1. The number of hydrogen-bond donors (Lipinski definition) is 1. The number of aromatic carboxylic acids is 1. The van der Waals surface area contributed by atoms with E-state index in [-0.39, 0.29) is 11.1 Å². The van der Waals surface area contributed by atoms with Crippen LogP contribution in [0.25, 0.3) is 18.3 Å².